The zero-order valence-corrected chi connectivity index (χ0v) is 31.5. The molecule has 4 N–H and O–H groups in total. The van der Waals surface area contributed by atoms with Gasteiger partial charge in [0.25, 0.3) is 0 Å². The van der Waals surface area contributed by atoms with Gasteiger partial charge in [0.15, 0.2) is 0 Å². The first-order valence-corrected chi connectivity index (χ1v) is 18.8. The van der Waals surface area contributed by atoms with Gasteiger partial charge in [0.1, 0.15) is 5.82 Å². The van der Waals surface area contributed by atoms with Crippen LogP contribution in [0.2, 0.25) is 0 Å². The number of rotatable bonds is 17. The van der Waals surface area contributed by atoms with Crippen LogP contribution in [0.1, 0.15) is 124 Å². The summed E-state index contributed by atoms with van der Waals surface area (Å²) >= 11 is 5.35. The fraction of sp³-hybridized carbons (Fsp3) is 0.725. The molecule has 1 aromatic carbocycles. The summed E-state index contributed by atoms with van der Waals surface area (Å²) in [6.07, 6.45) is 17.4. The van der Waals surface area contributed by atoms with E-state index in [-0.39, 0.29) is 13.2 Å². The van der Waals surface area contributed by atoms with Gasteiger partial charge in [-0.05, 0) is 87.2 Å². The van der Waals surface area contributed by atoms with Crippen molar-refractivity contribution in [2.75, 3.05) is 46.3 Å². The minimum atomic E-state index is -0.0605. The van der Waals surface area contributed by atoms with Crippen LogP contribution in [0.25, 0.3) is 0 Å². The lowest BCUT2D eigenvalue weighted by molar-refractivity contribution is 0.138. The number of nitrogens with two attached hydrogens (primary N) is 1. The first-order valence-electron chi connectivity index (χ1n) is 18.5. The average molecular weight is 681 g/mol. The summed E-state index contributed by atoms with van der Waals surface area (Å²) in [6.45, 7) is 23.6. The molecule has 2 heterocycles. The summed E-state index contributed by atoms with van der Waals surface area (Å²) in [5.41, 5.74) is 7.95. The summed E-state index contributed by atoms with van der Waals surface area (Å²) in [5.74, 6) is 2.38. The molecule has 2 saturated heterocycles. The van der Waals surface area contributed by atoms with E-state index in [9.17, 15) is 4.39 Å². The van der Waals surface area contributed by atoms with E-state index in [1.807, 2.05) is 33.8 Å². The van der Waals surface area contributed by atoms with E-state index in [2.05, 4.69) is 47.0 Å². The molecule has 2 fully saturated rings. The Balaban J connectivity index is 0. The third kappa shape index (κ3) is 22.4. The van der Waals surface area contributed by atoms with Crippen molar-refractivity contribution in [1.82, 2.24) is 15.5 Å². The molecule has 0 bridgehead atoms. The predicted molar refractivity (Wildman–Crippen MR) is 210 cm³/mol. The summed E-state index contributed by atoms with van der Waals surface area (Å²) in [4.78, 5) is 5.93. The van der Waals surface area contributed by atoms with Crippen molar-refractivity contribution in [3.8, 4) is 0 Å². The van der Waals surface area contributed by atoms with Gasteiger partial charge in [-0.15, -0.1) is 0 Å². The minimum Gasteiger partial charge on any atom is -0.403 e. The number of nitrogens with one attached hydrogen (secondary N) is 2. The third-order valence-corrected chi connectivity index (χ3v) is 9.01. The van der Waals surface area contributed by atoms with Crippen molar-refractivity contribution < 1.29 is 4.39 Å². The zero-order chi connectivity index (χ0) is 34.6. The standard InChI is InChI=1S/C31H52FN3.C4H7ClN2.2C2H6.CH4/c1-4-25(2)10-7-8-17-34-22-29-23-35(24-29)26(3)20-30-15-14-28(21-31(30)32)12-6-5-11-27-13-9-18-33-19-16-27;1-7-3-4(5)2-6;2*1-2;/h14-15,21,25,27,29,33-34H,3-13,16-20,22-24H2,1-2H3;2-3H,6H2,1H3;2*1-2H3;1H4/b;4-2+,7-3?;;;. The molecule has 5 nitrogen and oxygen atoms in total. The molecule has 2 unspecified atom stereocenters. The highest BCUT2D eigenvalue weighted by molar-refractivity contribution is 6.39. The SMILES string of the molecule is C.C=C(Cc1ccc(CCCCC2CCCNCC2)cc1F)N1CC(CNCCCCC(C)CC)C1.CC.CC.CN=C/C(Cl)=C\N. The maximum absolute atomic E-state index is 14.8. The van der Waals surface area contributed by atoms with Crippen LogP contribution in [0, 0.1) is 23.6 Å². The van der Waals surface area contributed by atoms with Crippen LogP contribution in [0.4, 0.5) is 4.39 Å². The number of halogens is 2. The average Bonchev–Trinajstić information content (AvgIpc) is 3.34. The normalized spacial score (nSPS) is 17.0. The number of hydrogen-bond acceptors (Lipinski definition) is 5. The molecule has 2 aliphatic rings. The molecule has 0 amide bonds. The van der Waals surface area contributed by atoms with Gasteiger partial charge in [-0.2, -0.15) is 0 Å². The molecule has 0 radical (unpaired) electrons. The summed E-state index contributed by atoms with van der Waals surface area (Å²) in [5, 5.41) is 7.59. The van der Waals surface area contributed by atoms with Gasteiger partial charge in [-0.1, -0.05) is 111 Å². The van der Waals surface area contributed by atoms with Crippen LogP contribution in [-0.4, -0.2) is 57.4 Å². The number of likely N-dealkylation sites (tertiary alicyclic amines) is 1. The van der Waals surface area contributed by atoms with Gasteiger partial charge in [-0.25, -0.2) is 4.39 Å². The second-order valence-corrected chi connectivity index (χ2v) is 12.8. The largest absolute Gasteiger partial charge is 0.403 e. The second kappa shape index (κ2) is 31.4. The van der Waals surface area contributed by atoms with Crippen molar-refractivity contribution in [2.24, 2.45) is 28.5 Å². The zero-order valence-electron chi connectivity index (χ0n) is 30.8. The Morgan fingerprint density at radius 3 is 2.47 bits per heavy atom. The fourth-order valence-corrected chi connectivity index (χ4v) is 5.84. The number of allylic oxidation sites excluding steroid dienone is 2. The number of aryl methyl sites for hydroxylation is 1. The molecule has 2 atom stereocenters. The maximum atomic E-state index is 14.8. The Morgan fingerprint density at radius 2 is 1.85 bits per heavy atom. The quantitative estimate of drug-likeness (QED) is 0.113. The van der Waals surface area contributed by atoms with Crippen LogP contribution in [0.5, 0.6) is 0 Å². The van der Waals surface area contributed by atoms with Crippen LogP contribution in [0.3, 0.4) is 0 Å². The second-order valence-electron chi connectivity index (χ2n) is 12.4. The lowest BCUT2D eigenvalue weighted by Crippen LogP contribution is -2.50. The predicted octanol–water partition coefficient (Wildman–Crippen LogP) is 10.1. The highest BCUT2D eigenvalue weighted by atomic mass is 35.5. The van der Waals surface area contributed by atoms with Crippen molar-refractivity contribution >= 4 is 17.8 Å². The highest BCUT2D eigenvalue weighted by Crippen LogP contribution is 2.25. The van der Waals surface area contributed by atoms with Gasteiger partial charge in [0.05, 0.1) is 5.03 Å². The molecule has 0 spiro atoms. The van der Waals surface area contributed by atoms with E-state index in [0.717, 1.165) is 67.7 Å². The van der Waals surface area contributed by atoms with Crippen LogP contribution in [0.15, 0.2) is 46.7 Å². The van der Waals surface area contributed by atoms with Crippen molar-refractivity contribution in [2.45, 2.75) is 126 Å². The van der Waals surface area contributed by atoms with E-state index < -0.39 is 0 Å². The number of unbranched alkanes of at least 4 members (excludes halogenated alkanes) is 2. The number of nitrogens with zero attached hydrogens (tertiary/aromatic N) is 2. The first kappa shape index (κ1) is 47.2. The minimum absolute atomic E-state index is 0. The lowest BCUT2D eigenvalue weighted by Gasteiger charge is -2.42. The molecule has 3 rings (SSSR count). The molecule has 7 heteroatoms. The van der Waals surface area contributed by atoms with Gasteiger partial charge >= 0.3 is 0 Å². The number of aliphatic imine (C=N–C) groups is 1. The number of hydrogen-bond donors (Lipinski definition) is 3. The molecular formula is C40H75ClFN5. The Labute approximate surface area is 296 Å². The van der Waals surface area contributed by atoms with Crippen molar-refractivity contribution in [3.63, 3.8) is 0 Å². The molecule has 274 valence electrons. The molecule has 0 saturated carbocycles. The Kier molecular flexibility index (Phi) is 31.5. The lowest BCUT2D eigenvalue weighted by atomic mass is 9.93. The van der Waals surface area contributed by atoms with Gasteiger partial charge in [0, 0.05) is 57.1 Å². The van der Waals surface area contributed by atoms with Crippen LogP contribution < -0.4 is 16.4 Å². The van der Waals surface area contributed by atoms with E-state index >= 15 is 0 Å². The maximum Gasteiger partial charge on any atom is 0.127 e. The van der Waals surface area contributed by atoms with Gasteiger partial charge in [-0.3, -0.25) is 4.99 Å². The van der Waals surface area contributed by atoms with Crippen molar-refractivity contribution in [1.29, 1.82) is 0 Å². The van der Waals surface area contributed by atoms with E-state index in [1.165, 1.54) is 83.3 Å². The number of benzene rings is 1. The van der Waals surface area contributed by atoms with E-state index in [0.29, 0.717) is 17.4 Å². The molecule has 0 aliphatic carbocycles. The molecule has 47 heavy (non-hydrogen) atoms. The monoisotopic (exact) mass is 680 g/mol. The topological polar surface area (TPSA) is 65.7 Å². The highest BCUT2D eigenvalue weighted by Gasteiger charge is 2.27. The Morgan fingerprint density at radius 1 is 1.13 bits per heavy atom. The Hall–Kier alpha value is -1.89. The van der Waals surface area contributed by atoms with Crippen LogP contribution >= 0.6 is 11.6 Å². The van der Waals surface area contributed by atoms with E-state index in [4.69, 9.17) is 17.3 Å². The van der Waals surface area contributed by atoms with Gasteiger partial charge in [0.2, 0.25) is 0 Å². The molecule has 0 aromatic heterocycles. The van der Waals surface area contributed by atoms with Gasteiger partial charge < -0.3 is 21.3 Å². The van der Waals surface area contributed by atoms with E-state index in [1.54, 1.807) is 13.1 Å². The molecule has 1 aromatic rings. The van der Waals surface area contributed by atoms with Crippen LogP contribution in [-0.2, 0) is 12.8 Å². The summed E-state index contributed by atoms with van der Waals surface area (Å²) < 4.78 is 14.8. The smallest absolute Gasteiger partial charge is 0.127 e. The summed E-state index contributed by atoms with van der Waals surface area (Å²) in [7, 11) is 1.63. The third-order valence-electron chi connectivity index (χ3n) is 8.78. The Bertz CT molecular complexity index is 937. The first-order chi connectivity index (χ1) is 22.4. The molecule has 2 aliphatic heterocycles. The molecular weight excluding hydrogens is 605 g/mol. The summed E-state index contributed by atoms with van der Waals surface area (Å²) in [6, 6.07) is 5.89. The van der Waals surface area contributed by atoms with Crippen molar-refractivity contribution in [3.05, 3.63) is 58.7 Å². The fourth-order valence-electron chi connectivity index (χ4n) is 5.74.